The highest BCUT2D eigenvalue weighted by Crippen LogP contribution is 2.17. The van der Waals surface area contributed by atoms with Crippen LogP contribution in [0.15, 0.2) is 63.5 Å². The van der Waals surface area contributed by atoms with E-state index in [1.54, 1.807) is 12.1 Å². The lowest BCUT2D eigenvalue weighted by molar-refractivity contribution is 0.256. The van der Waals surface area contributed by atoms with Crippen molar-refractivity contribution < 1.29 is 9.53 Å². The van der Waals surface area contributed by atoms with E-state index in [2.05, 4.69) is 15.0 Å². The van der Waals surface area contributed by atoms with Crippen LogP contribution >= 0.6 is 0 Å². The molecule has 0 N–H and O–H groups in total. The molecule has 2 aromatic rings. The summed E-state index contributed by atoms with van der Waals surface area (Å²) in [7, 11) is 0. The Balaban J connectivity index is 0.000000121. The monoisotopic (exact) mass is 265 g/mol. The van der Waals surface area contributed by atoms with E-state index < -0.39 is 6.03 Å². The third kappa shape index (κ3) is 2.61. The molecule has 20 heavy (non-hydrogen) atoms. The average Bonchev–Trinajstić information content (AvgIpc) is 2.88. The lowest BCUT2D eigenvalue weighted by Crippen LogP contribution is -2.19. The van der Waals surface area contributed by atoms with Crippen molar-refractivity contribution in [3.8, 4) is 5.75 Å². The van der Waals surface area contributed by atoms with Crippen LogP contribution in [-0.4, -0.2) is 19.0 Å². The summed E-state index contributed by atoms with van der Waals surface area (Å²) in [6.07, 6.45) is 1.83. The van der Waals surface area contributed by atoms with Gasteiger partial charge < -0.3 is 4.74 Å². The van der Waals surface area contributed by atoms with Crippen LogP contribution in [0.4, 0.5) is 4.79 Å². The van der Waals surface area contributed by atoms with E-state index >= 15 is 0 Å². The standard InChI is InChI=1S/C8H7NO.C7H4N2O/c1-2-4-8-7(3-1)5-9-6-10-8;10-7-8-5-3-1-2-4-6(5)9-7/h1-5H,6H2;1-4H. The zero-order valence-corrected chi connectivity index (χ0v) is 10.6. The molecular formula is C15H11N3O2. The number of carbonyl (C=O) groups excluding carboxylic acids is 1. The SMILES string of the molecule is C1=NCOc2ccccc21.O=C1N=c2ccccc2=N1. The van der Waals surface area contributed by atoms with Gasteiger partial charge in [-0.3, -0.25) is 4.99 Å². The van der Waals surface area contributed by atoms with Crippen molar-refractivity contribution >= 4 is 12.2 Å². The van der Waals surface area contributed by atoms with Gasteiger partial charge in [-0.1, -0.05) is 24.3 Å². The Morgan fingerprint density at radius 1 is 0.900 bits per heavy atom. The first kappa shape index (κ1) is 12.2. The number of para-hydroxylation sites is 3. The van der Waals surface area contributed by atoms with Gasteiger partial charge in [-0.2, -0.15) is 9.98 Å². The van der Waals surface area contributed by atoms with Crippen LogP contribution < -0.4 is 15.5 Å². The van der Waals surface area contributed by atoms with Crippen molar-refractivity contribution in [1.82, 2.24) is 0 Å². The lowest BCUT2D eigenvalue weighted by Gasteiger charge is -2.09. The number of rotatable bonds is 0. The minimum absolute atomic E-state index is 0.402. The fourth-order valence-corrected chi connectivity index (χ4v) is 1.85. The van der Waals surface area contributed by atoms with Crippen LogP contribution in [0.1, 0.15) is 5.56 Å². The van der Waals surface area contributed by atoms with E-state index in [4.69, 9.17) is 4.74 Å². The highest BCUT2D eigenvalue weighted by molar-refractivity contribution is 5.84. The molecule has 0 aromatic heterocycles. The molecular weight excluding hydrogens is 254 g/mol. The molecule has 0 spiro atoms. The van der Waals surface area contributed by atoms with Crippen LogP contribution in [0.3, 0.4) is 0 Å². The molecule has 98 valence electrons. The third-order valence-corrected chi connectivity index (χ3v) is 2.76. The Morgan fingerprint density at radius 2 is 1.55 bits per heavy atom. The Morgan fingerprint density at radius 3 is 2.25 bits per heavy atom. The Labute approximate surface area is 115 Å². The van der Waals surface area contributed by atoms with Gasteiger partial charge in [0.25, 0.3) is 0 Å². The Hall–Kier alpha value is -2.82. The molecule has 2 amide bonds. The molecule has 0 fully saturated rings. The number of ether oxygens (including phenoxy) is 1. The summed E-state index contributed by atoms with van der Waals surface area (Å²) >= 11 is 0. The number of amides is 2. The van der Waals surface area contributed by atoms with Crippen LogP contribution in [0.25, 0.3) is 0 Å². The second-order valence-corrected chi connectivity index (χ2v) is 4.12. The van der Waals surface area contributed by atoms with Gasteiger partial charge in [0.05, 0.1) is 10.7 Å². The second-order valence-electron chi connectivity index (χ2n) is 4.12. The molecule has 2 aromatic carbocycles. The van der Waals surface area contributed by atoms with Gasteiger partial charge in [0.1, 0.15) is 5.75 Å². The summed E-state index contributed by atoms with van der Waals surface area (Å²) in [6.45, 7) is 0.455. The molecule has 4 rings (SSSR count). The molecule has 5 nitrogen and oxygen atoms in total. The van der Waals surface area contributed by atoms with Crippen molar-refractivity contribution in [3.05, 3.63) is 64.8 Å². The maximum absolute atomic E-state index is 10.6. The first-order valence-corrected chi connectivity index (χ1v) is 6.11. The summed E-state index contributed by atoms with van der Waals surface area (Å²) in [5, 5.41) is 1.35. The molecule has 0 bridgehead atoms. The van der Waals surface area contributed by atoms with Gasteiger partial charge in [-0.25, -0.2) is 4.79 Å². The van der Waals surface area contributed by atoms with Gasteiger partial charge >= 0.3 is 6.03 Å². The summed E-state index contributed by atoms with van der Waals surface area (Å²) in [6, 6.07) is 14.7. The Kier molecular flexibility index (Phi) is 3.33. The first-order valence-electron chi connectivity index (χ1n) is 6.11. The molecule has 2 aliphatic rings. The van der Waals surface area contributed by atoms with Crippen molar-refractivity contribution in [2.24, 2.45) is 15.0 Å². The second kappa shape index (κ2) is 5.44. The number of hydrogen-bond acceptors (Lipinski definition) is 3. The number of benzene rings is 2. The quantitative estimate of drug-likeness (QED) is 0.725. The largest absolute Gasteiger partial charge is 0.471 e. The maximum Gasteiger partial charge on any atom is 0.368 e. The van der Waals surface area contributed by atoms with Crippen molar-refractivity contribution in [2.75, 3.05) is 6.73 Å². The molecule has 0 unspecified atom stereocenters. The Bertz CT molecular complexity index is 760. The number of hydrogen-bond donors (Lipinski definition) is 0. The molecule has 2 aliphatic heterocycles. The average molecular weight is 265 g/mol. The van der Waals surface area contributed by atoms with Gasteiger partial charge in [0, 0.05) is 11.8 Å². The highest BCUT2D eigenvalue weighted by atomic mass is 16.5. The predicted molar refractivity (Wildman–Crippen MR) is 73.7 cm³/mol. The smallest absolute Gasteiger partial charge is 0.368 e. The molecule has 2 heterocycles. The fourth-order valence-electron chi connectivity index (χ4n) is 1.85. The number of fused-ring (bicyclic) bond motifs is 2. The van der Waals surface area contributed by atoms with Crippen LogP contribution in [0.5, 0.6) is 5.75 Å². The minimum Gasteiger partial charge on any atom is -0.471 e. The normalized spacial score (nSPS) is 13.9. The number of urea groups is 1. The van der Waals surface area contributed by atoms with Crippen LogP contribution in [0, 0.1) is 0 Å². The number of nitrogens with zero attached hydrogens (tertiary/aromatic N) is 3. The summed E-state index contributed by atoms with van der Waals surface area (Å²) in [5.74, 6) is 0.928. The van der Waals surface area contributed by atoms with Crippen molar-refractivity contribution in [3.63, 3.8) is 0 Å². The van der Waals surface area contributed by atoms with Gasteiger partial charge in [-0.05, 0) is 24.3 Å². The zero-order chi connectivity index (χ0) is 13.8. The first-order chi connectivity index (χ1) is 9.83. The van der Waals surface area contributed by atoms with Crippen LogP contribution in [-0.2, 0) is 0 Å². The van der Waals surface area contributed by atoms with Crippen LogP contribution in [0.2, 0.25) is 0 Å². The summed E-state index contributed by atoms with van der Waals surface area (Å²) < 4.78 is 5.23. The van der Waals surface area contributed by atoms with E-state index in [1.165, 1.54) is 0 Å². The maximum atomic E-state index is 10.6. The van der Waals surface area contributed by atoms with E-state index in [9.17, 15) is 4.79 Å². The molecule has 5 heteroatoms. The van der Waals surface area contributed by atoms with E-state index in [0.29, 0.717) is 17.4 Å². The van der Waals surface area contributed by atoms with Crippen molar-refractivity contribution in [1.29, 1.82) is 0 Å². The van der Waals surface area contributed by atoms with Gasteiger partial charge in [0.2, 0.25) is 0 Å². The third-order valence-electron chi connectivity index (χ3n) is 2.76. The summed E-state index contributed by atoms with van der Waals surface area (Å²) in [4.78, 5) is 21.8. The van der Waals surface area contributed by atoms with E-state index in [0.717, 1.165) is 11.3 Å². The van der Waals surface area contributed by atoms with Gasteiger partial charge in [-0.15, -0.1) is 0 Å². The summed E-state index contributed by atoms with van der Waals surface area (Å²) in [5.41, 5.74) is 1.06. The topological polar surface area (TPSA) is 63.4 Å². The molecule has 0 saturated carbocycles. The van der Waals surface area contributed by atoms with E-state index in [-0.39, 0.29) is 0 Å². The molecule has 0 radical (unpaired) electrons. The predicted octanol–water partition coefficient (Wildman–Crippen LogP) is 1.51. The number of carbonyl (C=O) groups is 1. The minimum atomic E-state index is -0.402. The lowest BCUT2D eigenvalue weighted by atomic mass is 10.2. The molecule has 0 atom stereocenters. The fraction of sp³-hybridized carbons (Fsp3) is 0.0667. The van der Waals surface area contributed by atoms with Gasteiger partial charge in [0.15, 0.2) is 6.73 Å². The molecule has 0 saturated heterocycles. The highest BCUT2D eigenvalue weighted by Gasteiger charge is 2.02. The zero-order valence-electron chi connectivity index (χ0n) is 10.6. The molecule has 0 aliphatic carbocycles. The van der Waals surface area contributed by atoms with Crippen molar-refractivity contribution in [2.45, 2.75) is 0 Å². The number of aliphatic imine (C=N–C) groups is 1. The van der Waals surface area contributed by atoms with E-state index in [1.807, 2.05) is 42.6 Å².